The molecule has 0 spiro atoms. The number of aliphatic hydroxyl groups excluding tert-OH is 1. The second kappa shape index (κ2) is 9.40. The molecule has 0 radical (unpaired) electrons. The van der Waals surface area contributed by atoms with Crippen molar-refractivity contribution < 1.29 is 19.4 Å². The van der Waals surface area contributed by atoms with E-state index in [9.17, 15) is 14.7 Å². The van der Waals surface area contributed by atoms with Crippen LogP contribution in [-0.4, -0.2) is 44.9 Å². The van der Waals surface area contributed by atoms with Crippen molar-refractivity contribution in [1.82, 2.24) is 14.5 Å². The molecular formula is C24H22BrN3O4. The number of hydrogen-bond donors (Lipinski definition) is 1. The highest BCUT2D eigenvalue weighted by Gasteiger charge is 2.45. The van der Waals surface area contributed by atoms with Gasteiger partial charge in [-0.15, -0.1) is 0 Å². The lowest BCUT2D eigenvalue weighted by atomic mass is 9.95. The van der Waals surface area contributed by atoms with Crippen LogP contribution in [0.1, 0.15) is 23.6 Å². The Morgan fingerprint density at radius 1 is 1.09 bits per heavy atom. The number of benzene rings is 2. The van der Waals surface area contributed by atoms with E-state index in [1.165, 1.54) is 4.90 Å². The Bertz CT molecular complexity index is 1140. The van der Waals surface area contributed by atoms with Gasteiger partial charge in [0.1, 0.15) is 11.5 Å². The number of carbonyl (C=O) groups excluding carboxylic acids is 2. The number of rotatable bonds is 7. The van der Waals surface area contributed by atoms with E-state index in [0.717, 1.165) is 10.0 Å². The maximum absolute atomic E-state index is 13.0. The molecular weight excluding hydrogens is 474 g/mol. The third-order valence-corrected chi connectivity index (χ3v) is 5.99. The largest absolute Gasteiger partial charge is 0.507 e. The van der Waals surface area contributed by atoms with Crippen LogP contribution in [0.3, 0.4) is 0 Å². The van der Waals surface area contributed by atoms with Gasteiger partial charge in [-0.3, -0.25) is 9.59 Å². The summed E-state index contributed by atoms with van der Waals surface area (Å²) in [6, 6.07) is 13.5. The lowest BCUT2D eigenvalue weighted by Gasteiger charge is -2.25. The normalized spacial score (nSPS) is 17.7. The van der Waals surface area contributed by atoms with Crippen LogP contribution < -0.4 is 4.74 Å². The zero-order chi connectivity index (χ0) is 22.7. The average molecular weight is 496 g/mol. The molecule has 1 fully saturated rings. The van der Waals surface area contributed by atoms with Gasteiger partial charge < -0.3 is 19.3 Å². The molecule has 3 aromatic rings. The standard InChI is InChI=1S/C24H22BrN3O4/c1-32-19-9-5-17(6-10-19)22(29)20-21(16-3-7-18(25)8-4-16)28(24(31)23(20)30)13-2-12-27-14-11-26-15-27/h3-11,14-15,21,29H,2,12-13H2,1H3. The highest BCUT2D eigenvalue weighted by Crippen LogP contribution is 2.40. The average Bonchev–Trinajstić information content (AvgIpc) is 3.41. The minimum absolute atomic E-state index is 0.0881. The summed E-state index contributed by atoms with van der Waals surface area (Å²) in [5.74, 6) is -0.866. The fourth-order valence-electron chi connectivity index (χ4n) is 3.85. The number of ketones is 1. The number of aryl methyl sites for hydroxylation is 1. The molecule has 1 atom stereocenters. The smallest absolute Gasteiger partial charge is 0.295 e. The Kier molecular flexibility index (Phi) is 6.41. The number of aliphatic hydroxyl groups is 1. The summed E-state index contributed by atoms with van der Waals surface area (Å²) in [5.41, 5.74) is 1.29. The fourth-order valence-corrected chi connectivity index (χ4v) is 4.11. The molecule has 1 unspecified atom stereocenters. The molecule has 1 N–H and O–H groups in total. The minimum atomic E-state index is -0.686. The van der Waals surface area contributed by atoms with Gasteiger partial charge in [0, 0.05) is 35.5 Å². The summed E-state index contributed by atoms with van der Waals surface area (Å²) < 4.78 is 7.97. The van der Waals surface area contributed by atoms with Gasteiger partial charge in [0.15, 0.2) is 0 Å². The van der Waals surface area contributed by atoms with Gasteiger partial charge in [0.2, 0.25) is 0 Å². The number of carbonyl (C=O) groups is 2. The number of likely N-dealkylation sites (tertiary alicyclic amines) is 1. The first-order valence-corrected chi connectivity index (χ1v) is 10.9. The molecule has 0 aliphatic carbocycles. The zero-order valence-corrected chi connectivity index (χ0v) is 19.0. The zero-order valence-electron chi connectivity index (χ0n) is 17.4. The number of halogens is 1. The molecule has 1 aliphatic heterocycles. The summed E-state index contributed by atoms with van der Waals surface area (Å²) in [6.45, 7) is 1.03. The van der Waals surface area contributed by atoms with E-state index in [2.05, 4.69) is 20.9 Å². The Balaban J connectivity index is 1.71. The number of imidazole rings is 1. The number of Topliss-reactive ketones (excluding diaryl/α,β-unsaturated/α-hetero) is 1. The van der Waals surface area contributed by atoms with Crippen LogP contribution in [0.15, 0.2) is 77.3 Å². The quantitative estimate of drug-likeness (QED) is 0.302. The third kappa shape index (κ3) is 4.31. The Labute approximate surface area is 194 Å². The van der Waals surface area contributed by atoms with Crippen LogP contribution in [0.4, 0.5) is 0 Å². The van der Waals surface area contributed by atoms with Crippen molar-refractivity contribution in [2.45, 2.75) is 19.0 Å². The number of methoxy groups -OCH3 is 1. The maximum Gasteiger partial charge on any atom is 0.295 e. The van der Waals surface area contributed by atoms with Crippen LogP contribution in [0.25, 0.3) is 5.76 Å². The summed E-state index contributed by atoms with van der Waals surface area (Å²) in [4.78, 5) is 31.6. The third-order valence-electron chi connectivity index (χ3n) is 5.46. The second-order valence-corrected chi connectivity index (χ2v) is 8.34. The van der Waals surface area contributed by atoms with E-state index >= 15 is 0 Å². The van der Waals surface area contributed by atoms with Gasteiger partial charge in [0.25, 0.3) is 11.7 Å². The first-order chi connectivity index (χ1) is 15.5. The Morgan fingerprint density at radius 3 is 2.44 bits per heavy atom. The molecule has 1 aromatic heterocycles. The van der Waals surface area contributed by atoms with E-state index in [1.54, 1.807) is 43.9 Å². The Morgan fingerprint density at radius 2 is 1.81 bits per heavy atom. The molecule has 8 heteroatoms. The summed E-state index contributed by atoms with van der Waals surface area (Å²) in [7, 11) is 1.55. The highest BCUT2D eigenvalue weighted by molar-refractivity contribution is 9.10. The van der Waals surface area contributed by atoms with Crippen molar-refractivity contribution in [3.8, 4) is 5.75 Å². The molecule has 1 saturated heterocycles. The summed E-state index contributed by atoms with van der Waals surface area (Å²) >= 11 is 3.42. The predicted octanol–water partition coefficient (Wildman–Crippen LogP) is 4.17. The number of aromatic nitrogens is 2. The molecule has 164 valence electrons. The molecule has 0 bridgehead atoms. The van der Waals surface area contributed by atoms with E-state index < -0.39 is 17.7 Å². The van der Waals surface area contributed by atoms with Crippen LogP contribution in [0, 0.1) is 0 Å². The molecule has 1 aliphatic rings. The maximum atomic E-state index is 13.0. The number of hydrogen-bond acceptors (Lipinski definition) is 5. The van der Waals surface area contributed by atoms with E-state index in [1.807, 2.05) is 35.0 Å². The fraction of sp³-hybridized carbons (Fsp3) is 0.208. The molecule has 1 amide bonds. The SMILES string of the molecule is COc1ccc(C(O)=C2C(=O)C(=O)N(CCCn3ccnc3)C2c2ccc(Br)cc2)cc1. The van der Waals surface area contributed by atoms with Gasteiger partial charge in [-0.05, 0) is 48.4 Å². The van der Waals surface area contributed by atoms with E-state index in [-0.39, 0.29) is 11.3 Å². The van der Waals surface area contributed by atoms with Gasteiger partial charge in [-0.1, -0.05) is 28.1 Å². The van der Waals surface area contributed by atoms with Crippen molar-refractivity contribution >= 4 is 33.4 Å². The van der Waals surface area contributed by atoms with E-state index in [0.29, 0.717) is 30.8 Å². The molecule has 0 saturated carbocycles. The predicted molar refractivity (Wildman–Crippen MR) is 123 cm³/mol. The monoisotopic (exact) mass is 495 g/mol. The van der Waals surface area contributed by atoms with Crippen LogP contribution in [0.5, 0.6) is 5.75 Å². The number of nitrogens with zero attached hydrogens (tertiary/aromatic N) is 3. The van der Waals surface area contributed by atoms with Crippen LogP contribution >= 0.6 is 15.9 Å². The number of ether oxygens (including phenoxy) is 1. The molecule has 32 heavy (non-hydrogen) atoms. The molecule has 4 rings (SSSR count). The topological polar surface area (TPSA) is 84.7 Å². The minimum Gasteiger partial charge on any atom is -0.507 e. The molecule has 2 heterocycles. The van der Waals surface area contributed by atoms with Gasteiger partial charge >= 0.3 is 0 Å². The van der Waals surface area contributed by atoms with Crippen molar-refractivity contribution in [3.05, 3.63) is 88.4 Å². The van der Waals surface area contributed by atoms with Crippen molar-refractivity contribution in [3.63, 3.8) is 0 Å². The van der Waals surface area contributed by atoms with Crippen molar-refractivity contribution in [2.75, 3.05) is 13.7 Å². The lowest BCUT2D eigenvalue weighted by molar-refractivity contribution is -0.139. The highest BCUT2D eigenvalue weighted by atomic mass is 79.9. The molecule has 7 nitrogen and oxygen atoms in total. The Hall–Kier alpha value is -3.39. The van der Waals surface area contributed by atoms with Crippen LogP contribution in [0.2, 0.25) is 0 Å². The van der Waals surface area contributed by atoms with Crippen LogP contribution in [-0.2, 0) is 16.1 Å². The van der Waals surface area contributed by atoms with Crippen molar-refractivity contribution in [1.29, 1.82) is 0 Å². The first kappa shape index (κ1) is 21.8. The second-order valence-electron chi connectivity index (χ2n) is 7.43. The first-order valence-electron chi connectivity index (χ1n) is 10.1. The van der Waals surface area contributed by atoms with Gasteiger partial charge in [-0.25, -0.2) is 4.98 Å². The molecule has 2 aromatic carbocycles. The van der Waals surface area contributed by atoms with Gasteiger partial charge in [-0.2, -0.15) is 0 Å². The number of amides is 1. The summed E-state index contributed by atoms with van der Waals surface area (Å²) in [6.07, 6.45) is 5.90. The lowest BCUT2D eigenvalue weighted by Crippen LogP contribution is -2.31. The van der Waals surface area contributed by atoms with Crippen molar-refractivity contribution in [2.24, 2.45) is 0 Å². The van der Waals surface area contributed by atoms with Gasteiger partial charge in [0.05, 0.1) is 25.1 Å². The summed E-state index contributed by atoms with van der Waals surface area (Å²) in [5, 5.41) is 11.1. The van der Waals surface area contributed by atoms with E-state index in [4.69, 9.17) is 4.74 Å².